The fraction of sp³-hybridized carbons (Fsp3) is 0.636. The molecule has 5 nitrogen and oxygen atoms in total. The number of hydrogen-bond acceptors (Lipinski definition) is 5. The number of hydrogen-bond donors (Lipinski definition) is 3. The van der Waals surface area contributed by atoms with Crippen LogP contribution in [-0.4, -0.2) is 22.2 Å². The summed E-state index contributed by atoms with van der Waals surface area (Å²) in [5.74, 6) is 6.52. The van der Waals surface area contributed by atoms with E-state index in [4.69, 9.17) is 5.84 Å². The number of anilines is 2. The second-order valence-corrected chi connectivity index (χ2v) is 4.66. The van der Waals surface area contributed by atoms with E-state index >= 15 is 0 Å². The Kier molecular flexibility index (Phi) is 4.93. The summed E-state index contributed by atoms with van der Waals surface area (Å²) in [6.45, 7) is 5.22. The number of aromatic nitrogens is 2. The smallest absolute Gasteiger partial charge is 0.367 e. The van der Waals surface area contributed by atoms with Gasteiger partial charge in [0.2, 0.25) is 0 Å². The van der Waals surface area contributed by atoms with E-state index in [0.717, 1.165) is 0 Å². The van der Waals surface area contributed by atoms with Crippen LogP contribution in [0.1, 0.15) is 38.9 Å². The van der Waals surface area contributed by atoms with Gasteiger partial charge in [-0.15, -0.1) is 0 Å². The average Bonchev–Trinajstić information content (AvgIpc) is 2.25. The van der Waals surface area contributed by atoms with E-state index < -0.39 is 18.6 Å². The van der Waals surface area contributed by atoms with Crippen LogP contribution >= 0.6 is 0 Å². The zero-order valence-electron chi connectivity index (χ0n) is 11.0. The molecule has 1 aromatic heterocycles. The van der Waals surface area contributed by atoms with E-state index in [1.54, 1.807) is 0 Å². The molecule has 0 saturated carbocycles. The van der Waals surface area contributed by atoms with Crippen LogP contribution in [0.2, 0.25) is 0 Å². The summed E-state index contributed by atoms with van der Waals surface area (Å²) in [7, 11) is 0. The Morgan fingerprint density at radius 1 is 1.21 bits per heavy atom. The molecular weight excluding hydrogens is 259 g/mol. The lowest BCUT2D eigenvalue weighted by Gasteiger charge is -2.17. The van der Waals surface area contributed by atoms with Crippen molar-refractivity contribution < 1.29 is 13.2 Å². The van der Waals surface area contributed by atoms with Crippen LogP contribution in [0.5, 0.6) is 0 Å². The first-order chi connectivity index (χ1) is 8.71. The minimum atomic E-state index is -4.21. The van der Waals surface area contributed by atoms with Gasteiger partial charge in [-0.1, -0.05) is 13.8 Å². The van der Waals surface area contributed by atoms with Crippen LogP contribution in [0.25, 0.3) is 0 Å². The molecule has 0 bridgehead atoms. The van der Waals surface area contributed by atoms with E-state index in [1.807, 2.05) is 13.8 Å². The van der Waals surface area contributed by atoms with E-state index in [1.165, 1.54) is 13.0 Å². The van der Waals surface area contributed by atoms with Crippen molar-refractivity contribution in [1.29, 1.82) is 0 Å². The summed E-state index contributed by atoms with van der Waals surface area (Å²) < 4.78 is 36.8. The predicted octanol–water partition coefficient (Wildman–Crippen LogP) is 2.64. The number of halogens is 3. The first-order valence-electron chi connectivity index (χ1n) is 5.90. The number of nitrogens with one attached hydrogen (secondary N) is 2. The molecule has 1 unspecified atom stereocenters. The normalized spacial score (nSPS) is 13.5. The quantitative estimate of drug-likeness (QED) is 0.570. The van der Waals surface area contributed by atoms with Crippen molar-refractivity contribution in [2.75, 3.05) is 10.7 Å². The van der Waals surface area contributed by atoms with Crippen molar-refractivity contribution in [1.82, 2.24) is 9.97 Å². The van der Waals surface area contributed by atoms with Gasteiger partial charge in [0.15, 0.2) is 0 Å². The fourth-order valence-corrected chi connectivity index (χ4v) is 1.52. The first kappa shape index (κ1) is 15.5. The molecule has 1 aromatic rings. The first-order valence-corrected chi connectivity index (χ1v) is 5.90. The second-order valence-electron chi connectivity index (χ2n) is 4.66. The SMILES string of the molecule is CC(CC(F)(F)F)Nc1cc(NN)nc(C(C)C)n1. The van der Waals surface area contributed by atoms with Crippen LogP contribution in [0.3, 0.4) is 0 Å². The molecule has 0 spiro atoms. The lowest BCUT2D eigenvalue weighted by molar-refractivity contribution is -0.136. The predicted molar refractivity (Wildman–Crippen MR) is 67.7 cm³/mol. The van der Waals surface area contributed by atoms with Gasteiger partial charge in [0.25, 0.3) is 0 Å². The molecule has 0 aromatic carbocycles. The van der Waals surface area contributed by atoms with Crippen LogP contribution < -0.4 is 16.6 Å². The Hall–Kier alpha value is -1.57. The zero-order chi connectivity index (χ0) is 14.6. The van der Waals surface area contributed by atoms with Gasteiger partial charge in [-0.3, -0.25) is 0 Å². The van der Waals surface area contributed by atoms with Gasteiger partial charge in [-0.25, -0.2) is 15.8 Å². The topological polar surface area (TPSA) is 75.9 Å². The Bertz CT molecular complexity index is 419. The van der Waals surface area contributed by atoms with Crippen LogP contribution in [0.15, 0.2) is 6.07 Å². The highest BCUT2D eigenvalue weighted by Crippen LogP contribution is 2.24. The monoisotopic (exact) mass is 277 g/mol. The van der Waals surface area contributed by atoms with Crippen molar-refractivity contribution in [3.05, 3.63) is 11.9 Å². The number of alkyl halides is 3. The van der Waals surface area contributed by atoms with E-state index in [0.29, 0.717) is 17.5 Å². The van der Waals surface area contributed by atoms with Crippen LogP contribution in [0.4, 0.5) is 24.8 Å². The second kappa shape index (κ2) is 6.05. The van der Waals surface area contributed by atoms with Crippen molar-refractivity contribution in [3.8, 4) is 0 Å². The molecule has 0 aliphatic heterocycles. The lowest BCUT2D eigenvalue weighted by atomic mass is 10.2. The number of rotatable bonds is 5. The van der Waals surface area contributed by atoms with Crippen molar-refractivity contribution >= 4 is 11.6 Å². The maximum absolute atomic E-state index is 12.3. The van der Waals surface area contributed by atoms with Gasteiger partial charge in [-0.05, 0) is 6.92 Å². The summed E-state index contributed by atoms with van der Waals surface area (Å²) in [6, 6.07) is 0.694. The Balaban J connectivity index is 2.85. The summed E-state index contributed by atoms with van der Waals surface area (Å²) >= 11 is 0. The highest BCUT2D eigenvalue weighted by Gasteiger charge is 2.30. The van der Waals surface area contributed by atoms with Crippen LogP contribution in [0, 0.1) is 0 Å². The Labute approximate surface area is 109 Å². The molecule has 0 fully saturated rings. The van der Waals surface area contributed by atoms with Crippen LogP contribution in [-0.2, 0) is 0 Å². The lowest BCUT2D eigenvalue weighted by Crippen LogP contribution is -2.25. The van der Waals surface area contributed by atoms with Gasteiger partial charge < -0.3 is 10.7 Å². The molecule has 0 amide bonds. The number of nitrogen functional groups attached to an aromatic ring is 1. The molecule has 0 aliphatic carbocycles. The van der Waals surface area contributed by atoms with Gasteiger partial charge in [0, 0.05) is 18.0 Å². The Morgan fingerprint density at radius 2 is 1.79 bits per heavy atom. The van der Waals surface area contributed by atoms with Gasteiger partial charge >= 0.3 is 6.18 Å². The molecule has 19 heavy (non-hydrogen) atoms. The molecule has 0 aliphatic rings. The van der Waals surface area contributed by atoms with Gasteiger partial charge in [0.1, 0.15) is 17.5 Å². The number of nitrogens with two attached hydrogens (primary N) is 1. The van der Waals surface area contributed by atoms with E-state index in [9.17, 15) is 13.2 Å². The summed E-state index contributed by atoms with van der Waals surface area (Å²) in [5, 5.41) is 2.70. The van der Waals surface area contributed by atoms with E-state index in [-0.39, 0.29) is 5.92 Å². The van der Waals surface area contributed by atoms with Gasteiger partial charge in [0.05, 0.1) is 6.42 Å². The molecule has 0 saturated heterocycles. The van der Waals surface area contributed by atoms with Crippen molar-refractivity contribution in [2.24, 2.45) is 5.84 Å². The maximum atomic E-state index is 12.3. The zero-order valence-corrected chi connectivity index (χ0v) is 11.0. The molecule has 0 radical (unpaired) electrons. The molecular formula is C11H18F3N5. The molecule has 1 atom stereocenters. The summed E-state index contributed by atoms with van der Waals surface area (Å²) in [4.78, 5) is 8.29. The molecule has 108 valence electrons. The Morgan fingerprint density at radius 3 is 2.26 bits per heavy atom. The third-order valence-electron chi connectivity index (χ3n) is 2.34. The maximum Gasteiger partial charge on any atom is 0.391 e. The third-order valence-corrected chi connectivity index (χ3v) is 2.34. The standard InChI is InChI=1S/C11H18F3N5/c1-6(2)10-17-8(4-9(18-10)19-15)16-7(3)5-11(12,13)14/h4,6-7H,5,15H2,1-3H3,(H2,16,17,18,19). The van der Waals surface area contributed by atoms with Crippen molar-refractivity contribution in [2.45, 2.75) is 45.3 Å². The molecule has 8 heteroatoms. The minimum Gasteiger partial charge on any atom is -0.367 e. The van der Waals surface area contributed by atoms with E-state index in [2.05, 4.69) is 20.7 Å². The average molecular weight is 277 g/mol. The highest BCUT2D eigenvalue weighted by molar-refractivity contribution is 5.47. The number of nitrogens with zero attached hydrogens (tertiary/aromatic N) is 2. The molecule has 1 rings (SSSR count). The molecule has 1 heterocycles. The summed E-state index contributed by atoms with van der Waals surface area (Å²) in [5.41, 5.74) is 2.37. The largest absolute Gasteiger partial charge is 0.391 e. The van der Waals surface area contributed by atoms with Crippen molar-refractivity contribution in [3.63, 3.8) is 0 Å². The van der Waals surface area contributed by atoms with Gasteiger partial charge in [-0.2, -0.15) is 13.2 Å². The third kappa shape index (κ3) is 5.29. The minimum absolute atomic E-state index is 0.0479. The fourth-order valence-electron chi connectivity index (χ4n) is 1.52. The summed E-state index contributed by atoms with van der Waals surface area (Å²) in [6.07, 6.45) is -5.14. The molecule has 4 N–H and O–H groups in total. The number of hydrazine groups is 1. The highest BCUT2D eigenvalue weighted by atomic mass is 19.4.